The minimum atomic E-state index is -0.956. The zero-order valence-corrected chi connectivity index (χ0v) is 17.4. The van der Waals surface area contributed by atoms with Crippen molar-refractivity contribution in [3.63, 3.8) is 0 Å². The van der Waals surface area contributed by atoms with E-state index in [9.17, 15) is 14.7 Å². The number of nitrogens with one attached hydrogen (secondary N) is 1. The summed E-state index contributed by atoms with van der Waals surface area (Å²) in [5.74, 6) is 0.0796. The fourth-order valence-corrected chi connectivity index (χ4v) is 4.17. The maximum absolute atomic E-state index is 13.0. The van der Waals surface area contributed by atoms with E-state index >= 15 is 0 Å². The van der Waals surface area contributed by atoms with E-state index in [4.69, 9.17) is 14.2 Å². The number of aromatic carboxylic acids is 1. The average molecular weight is 416 g/mol. The Bertz CT molecular complexity index is 976. The lowest BCUT2D eigenvalue weighted by molar-refractivity contribution is 0.0696. The molecule has 0 saturated heterocycles. The van der Waals surface area contributed by atoms with Crippen molar-refractivity contribution >= 4 is 23.5 Å². The molecule has 1 radical (unpaired) electrons. The highest BCUT2D eigenvalue weighted by molar-refractivity contribution is 8.02. The normalized spacial score (nSPS) is 15.3. The van der Waals surface area contributed by atoms with Gasteiger partial charge < -0.3 is 24.6 Å². The van der Waals surface area contributed by atoms with Crippen LogP contribution >= 0.6 is 11.8 Å². The van der Waals surface area contributed by atoms with Gasteiger partial charge in [0.25, 0.3) is 0 Å². The third-order valence-electron chi connectivity index (χ3n) is 4.61. The third kappa shape index (κ3) is 4.02. The molecule has 7 nitrogen and oxygen atoms in total. The molecule has 0 fully saturated rings. The van der Waals surface area contributed by atoms with Crippen LogP contribution < -0.4 is 19.5 Å². The summed E-state index contributed by atoms with van der Waals surface area (Å²) in [6, 6.07) is 8.41. The Balaban J connectivity index is 1.82. The number of carboxylic acids is 1. The second-order valence-electron chi connectivity index (χ2n) is 6.36. The molecule has 0 aromatic heterocycles. The highest BCUT2D eigenvalue weighted by Crippen LogP contribution is 2.40. The summed E-state index contributed by atoms with van der Waals surface area (Å²) < 4.78 is 15.9. The van der Waals surface area contributed by atoms with Gasteiger partial charge in [-0.2, -0.15) is 11.8 Å². The van der Waals surface area contributed by atoms with Gasteiger partial charge >= 0.3 is 5.97 Å². The van der Waals surface area contributed by atoms with E-state index in [1.54, 1.807) is 31.2 Å². The first-order valence-corrected chi connectivity index (χ1v) is 9.78. The summed E-state index contributed by atoms with van der Waals surface area (Å²) in [7, 11) is 4.50. The van der Waals surface area contributed by atoms with Crippen molar-refractivity contribution in [1.82, 2.24) is 5.32 Å². The van der Waals surface area contributed by atoms with E-state index in [0.717, 1.165) is 17.3 Å². The van der Waals surface area contributed by atoms with E-state index in [1.165, 1.54) is 21.3 Å². The zero-order valence-electron chi connectivity index (χ0n) is 16.5. The van der Waals surface area contributed by atoms with Crippen LogP contribution in [-0.2, 0) is 0 Å². The van der Waals surface area contributed by atoms with Crippen LogP contribution in [0.15, 0.2) is 41.4 Å². The minimum absolute atomic E-state index is 0.127. The highest BCUT2D eigenvalue weighted by atomic mass is 32.2. The second kappa shape index (κ2) is 8.48. The Labute approximate surface area is 172 Å². The maximum atomic E-state index is 13.0. The van der Waals surface area contributed by atoms with Gasteiger partial charge in [-0.25, -0.2) is 4.79 Å². The van der Waals surface area contributed by atoms with Gasteiger partial charge in [0.05, 0.1) is 38.0 Å². The third-order valence-corrected chi connectivity index (χ3v) is 5.75. The lowest BCUT2D eigenvalue weighted by Crippen LogP contribution is -2.20. The van der Waals surface area contributed by atoms with Crippen LogP contribution in [0.1, 0.15) is 37.2 Å². The molecule has 2 aromatic carbocycles. The van der Waals surface area contributed by atoms with E-state index in [1.807, 2.05) is 11.5 Å². The van der Waals surface area contributed by atoms with Gasteiger partial charge in [0.1, 0.15) is 0 Å². The molecular weight excluding hydrogens is 394 g/mol. The number of ether oxygens (including phenoxy) is 3. The van der Waals surface area contributed by atoms with Gasteiger partial charge in [0.2, 0.25) is 11.5 Å². The van der Waals surface area contributed by atoms with Gasteiger partial charge in [0, 0.05) is 5.56 Å². The molecule has 0 bridgehead atoms. The van der Waals surface area contributed by atoms with Crippen LogP contribution in [-0.4, -0.2) is 38.2 Å². The smallest absolute Gasteiger partial charge is 0.335 e. The fourth-order valence-electron chi connectivity index (χ4n) is 3.13. The fraction of sp³-hybridized carbons (Fsp3) is 0.238. The Morgan fingerprint density at radius 2 is 1.69 bits per heavy atom. The molecule has 2 N–H and O–H groups in total. The van der Waals surface area contributed by atoms with Crippen molar-refractivity contribution in [2.75, 3.05) is 21.3 Å². The molecule has 1 heterocycles. The number of ketones is 1. The van der Waals surface area contributed by atoms with Crippen LogP contribution in [0.5, 0.6) is 17.2 Å². The molecule has 29 heavy (non-hydrogen) atoms. The summed E-state index contributed by atoms with van der Waals surface area (Å²) in [6.45, 7) is 1.76. The second-order valence-corrected chi connectivity index (χ2v) is 7.43. The molecule has 2 aromatic rings. The predicted octanol–water partition coefficient (Wildman–Crippen LogP) is 3.51. The standard InChI is InChI=1S/C21H22NO6S/c1-11-7-12(5-6-14(11)21(24)25)20-22-15(10-29-20)18(23)13-8-16(26-2)19(28-4)17(9-13)27-3/h5-10,20,22,29H,1-4H3,(H,24,25). The highest BCUT2D eigenvalue weighted by Gasteiger charge is 2.25. The van der Waals surface area contributed by atoms with Crippen LogP contribution in [0, 0.1) is 6.92 Å². The number of methoxy groups -OCH3 is 3. The molecule has 0 aliphatic carbocycles. The van der Waals surface area contributed by atoms with Gasteiger partial charge in [-0.3, -0.25) is 4.79 Å². The van der Waals surface area contributed by atoms with Crippen LogP contribution in [0.3, 0.4) is 0 Å². The predicted molar refractivity (Wildman–Crippen MR) is 112 cm³/mol. The summed E-state index contributed by atoms with van der Waals surface area (Å²) in [6.07, 6.45) is 0. The molecule has 1 aliphatic rings. The first-order valence-electron chi connectivity index (χ1n) is 8.74. The summed E-state index contributed by atoms with van der Waals surface area (Å²) in [4.78, 5) is 24.2. The molecule has 1 atom stereocenters. The summed E-state index contributed by atoms with van der Waals surface area (Å²) in [5, 5.41) is 14.1. The molecule has 0 saturated carbocycles. The number of carboxylic acid groups (broad SMARTS) is 1. The number of Topliss-reactive ketones (excluding diaryl/α,β-unsaturated/α-hetero) is 1. The monoisotopic (exact) mass is 416 g/mol. The molecule has 0 amide bonds. The van der Waals surface area contributed by atoms with Gasteiger partial charge in [-0.05, 0) is 41.7 Å². The lowest BCUT2D eigenvalue weighted by Gasteiger charge is -2.16. The van der Waals surface area contributed by atoms with E-state index in [-0.39, 0.29) is 16.7 Å². The van der Waals surface area contributed by atoms with Crippen molar-refractivity contribution in [3.8, 4) is 17.2 Å². The van der Waals surface area contributed by atoms with Gasteiger partial charge in [-0.1, -0.05) is 12.1 Å². The quantitative estimate of drug-likeness (QED) is 0.470. The van der Waals surface area contributed by atoms with Crippen molar-refractivity contribution in [3.05, 3.63) is 63.7 Å². The van der Waals surface area contributed by atoms with E-state index in [0.29, 0.717) is 34.1 Å². The van der Waals surface area contributed by atoms with Crippen LogP contribution in [0.25, 0.3) is 0 Å². The number of benzene rings is 2. The number of aryl methyl sites for hydroxylation is 1. The van der Waals surface area contributed by atoms with Crippen molar-refractivity contribution < 1.29 is 28.9 Å². The van der Waals surface area contributed by atoms with E-state index < -0.39 is 5.97 Å². The molecule has 3 rings (SSSR count). The van der Waals surface area contributed by atoms with E-state index in [2.05, 4.69) is 5.32 Å². The number of carbonyl (C=O) groups is 2. The SMILES string of the molecule is COc1cc(C(=O)C2=C[SH]C(c3ccc(C(=O)O)c(C)c3)N2)cc(OC)c1OC. The topological polar surface area (TPSA) is 94.1 Å². The van der Waals surface area contributed by atoms with Gasteiger partial charge in [-0.15, -0.1) is 0 Å². The van der Waals surface area contributed by atoms with Crippen LogP contribution in [0.4, 0.5) is 0 Å². The zero-order chi connectivity index (χ0) is 21.1. The van der Waals surface area contributed by atoms with Crippen molar-refractivity contribution in [1.29, 1.82) is 0 Å². The van der Waals surface area contributed by atoms with Crippen molar-refractivity contribution in [2.24, 2.45) is 0 Å². The molecule has 1 unspecified atom stereocenters. The first kappa shape index (κ1) is 20.6. The number of carbonyl (C=O) groups excluding carboxylic acids is 1. The molecule has 1 aliphatic heterocycles. The molecular formula is C21H22NO6S. The summed E-state index contributed by atoms with van der Waals surface area (Å²) >= 11 is 0.898. The van der Waals surface area contributed by atoms with Crippen LogP contribution in [0.2, 0.25) is 0 Å². The molecule has 153 valence electrons. The number of allylic oxidation sites excluding steroid dienone is 1. The van der Waals surface area contributed by atoms with Crippen molar-refractivity contribution in [2.45, 2.75) is 12.3 Å². The summed E-state index contributed by atoms with van der Waals surface area (Å²) in [5.41, 5.74) is 2.73. The Morgan fingerprint density at radius 1 is 1.03 bits per heavy atom. The Kier molecular flexibility index (Phi) is 6.03. The van der Waals surface area contributed by atoms with Gasteiger partial charge in [0.15, 0.2) is 11.5 Å². The number of hydrogen-bond acceptors (Lipinski definition) is 6. The number of thiol groups is 1. The molecule has 8 heteroatoms. The Hall–Kier alpha value is -3.13. The number of rotatable bonds is 7. The first-order chi connectivity index (χ1) is 13.9. The molecule has 0 spiro atoms. The lowest BCUT2D eigenvalue weighted by atomic mass is 10.0. The number of hydrogen-bond donors (Lipinski definition) is 3. The minimum Gasteiger partial charge on any atom is -0.493 e. The largest absolute Gasteiger partial charge is 0.493 e. The average Bonchev–Trinajstić information content (AvgIpc) is 3.21. The maximum Gasteiger partial charge on any atom is 0.335 e. The Morgan fingerprint density at radius 3 is 2.21 bits per heavy atom.